The Kier molecular flexibility index (Phi) is 9.31. The van der Waals surface area contributed by atoms with Crippen molar-refractivity contribution in [1.82, 2.24) is 15.1 Å². The normalized spacial score (nSPS) is 17.8. The summed E-state index contributed by atoms with van der Waals surface area (Å²) in [6.07, 6.45) is -0.438. The Labute approximate surface area is 233 Å². The number of hydrogen-bond donors (Lipinski definition) is 1. The van der Waals surface area contributed by atoms with Crippen LogP contribution in [0.3, 0.4) is 0 Å². The first-order valence-electron chi connectivity index (χ1n) is 12.6. The molecule has 4 rings (SSSR count). The van der Waals surface area contributed by atoms with Gasteiger partial charge in [0.25, 0.3) is 0 Å². The zero-order valence-corrected chi connectivity index (χ0v) is 22.5. The van der Waals surface area contributed by atoms with Crippen molar-refractivity contribution in [3.8, 4) is 0 Å². The van der Waals surface area contributed by atoms with Crippen molar-refractivity contribution in [3.63, 3.8) is 0 Å². The van der Waals surface area contributed by atoms with E-state index in [1.807, 2.05) is 4.90 Å². The van der Waals surface area contributed by atoms with Crippen molar-refractivity contribution in [2.24, 2.45) is 4.99 Å². The van der Waals surface area contributed by atoms with Crippen molar-refractivity contribution in [2.75, 3.05) is 45.9 Å². The van der Waals surface area contributed by atoms with Gasteiger partial charge in [0, 0.05) is 61.1 Å². The van der Waals surface area contributed by atoms with E-state index in [1.165, 1.54) is 6.07 Å². The molecule has 2 aliphatic rings. The van der Waals surface area contributed by atoms with E-state index in [4.69, 9.17) is 21.1 Å². The lowest BCUT2D eigenvalue weighted by Gasteiger charge is -2.36. The fourth-order valence-corrected chi connectivity index (χ4v) is 4.81. The standard InChI is InChI=1S/C27H27ClF4N4O4/c1-3-39-26(37)23-21(14-35-7-9-36(10-8-35)27(38)40-4-2)33-25(22-19(31)12-16(30)13-20(22)32)34-24(23)17-6-5-15(29)11-18(17)28/h5-6,11-13,24H,3-4,7-10,14H2,1-2H3,(H,33,34). The second-order valence-electron chi connectivity index (χ2n) is 8.99. The number of amidine groups is 1. The van der Waals surface area contributed by atoms with Crippen LogP contribution in [0.15, 0.2) is 46.6 Å². The van der Waals surface area contributed by atoms with Crippen LogP contribution in [0, 0.1) is 23.3 Å². The number of benzene rings is 2. The second-order valence-corrected chi connectivity index (χ2v) is 9.40. The van der Waals surface area contributed by atoms with Gasteiger partial charge in [-0.25, -0.2) is 27.2 Å². The minimum atomic E-state index is -1.23. The summed E-state index contributed by atoms with van der Waals surface area (Å²) in [7, 11) is 0. The minimum Gasteiger partial charge on any atom is -0.463 e. The SMILES string of the molecule is CCOC(=O)C1=C(CN2CCN(C(=O)OCC)CC2)NC(c2c(F)cc(F)cc2F)=NC1c1ccc(F)cc1Cl. The Bertz CT molecular complexity index is 1340. The molecule has 1 atom stereocenters. The zero-order chi connectivity index (χ0) is 29.0. The number of esters is 1. The van der Waals surface area contributed by atoms with Crippen molar-refractivity contribution >= 4 is 29.5 Å². The molecule has 2 aromatic rings. The number of halogens is 5. The van der Waals surface area contributed by atoms with Crippen molar-refractivity contribution in [1.29, 1.82) is 0 Å². The van der Waals surface area contributed by atoms with Crippen LogP contribution in [-0.4, -0.2) is 73.6 Å². The molecule has 1 unspecified atom stereocenters. The first-order chi connectivity index (χ1) is 19.1. The molecule has 0 radical (unpaired) electrons. The predicted octanol–water partition coefficient (Wildman–Crippen LogP) is 4.58. The Hall–Kier alpha value is -3.64. The molecule has 0 spiro atoms. The molecule has 1 fully saturated rings. The molecule has 13 heteroatoms. The van der Waals surface area contributed by atoms with Gasteiger partial charge in [0.05, 0.1) is 24.4 Å². The van der Waals surface area contributed by atoms with E-state index < -0.39 is 46.9 Å². The summed E-state index contributed by atoms with van der Waals surface area (Å²) in [4.78, 5) is 33.2. The molecule has 0 aromatic heterocycles. The molecule has 1 N–H and O–H groups in total. The summed E-state index contributed by atoms with van der Waals surface area (Å²) in [6.45, 7) is 5.14. The van der Waals surface area contributed by atoms with Crippen LogP contribution < -0.4 is 5.32 Å². The molecule has 1 saturated heterocycles. The highest BCUT2D eigenvalue weighted by molar-refractivity contribution is 6.31. The average Bonchev–Trinajstić information content (AvgIpc) is 2.88. The van der Waals surface area contributed by atoms with E-state index in [-0.39, 0.29) is 47.5 Å². The lowest BCUT2D eigenvalue weighted by Crippen LogP contribution is -2.50. The van der Waals surface area contributed by atoms with Crippen LogP contribution in [0.4, 0.5) is 22.4 Å². The number of ether oxygens (including phenoxy) is 2. The minimum absolute atomic E-state index is 0.00913. The maximum absolute atomic E-state index is 14.9. The first kappa shape index (κ1) is 29.3. The summed E-state index contributed by atoms with van der Waals surface area (Å²) in [5.41, 5.74) is -0.230. The van der Waals surface area contributed by atoms with Gasteiger partial charge >= 0.3 is 12.1 Å². The van der Waals surface area contributed by atoms with Crippen LogP contribution in [0.25, 0.3) is 0 Å². The fraction of sp³-hybridized carbons (Fsp3) is 0.370. The van der Waals surface area contributed by atoms with E-state index in [0.717, 1.165) is 12.1 Å². The Morgan fingerprint density at radius 1 is 0.975 bits per heavy atom. The number of nitrogens with one attached hydrogen (secondary N) is 1. The molecule has 8 nitrogen and oxygen atoms in total. The lowest BCUT2D eigenvalue weighted by atomic mass is 9.94. The van der Waals surface area contributed by atoms with Crippen molar-refractivity contribution in [3.05, 3.63) is 81.0 Å². The number of carbonyl (C=O) groups excluding carboxylic acids is 2. The monoisotopic (exact) mass is 582 g/mol. The topological polar surface area (TPSA) is 83.5 Å². The van der Waals surface area contributed by atoms with Crippen molar-refractivity contribution in [2.45, 2.75) is 19.9 Å². The molecule has 0 bridgehead atoms. The Balaban J connectivity index is 1.78. The van der Waals surface area contributed by atoms with E-state index in [2.05, 4.69) is 10.3 Å². The maximum atomic E-state index is 14.9. The van der Waals surface area contributed by atoms with Crippen LogP contribution in [0.1, 0.15) is 31.0 Å². The van der Waals surface area contributed by atoms with Crippen molar-refractivity contribution < 1.29 is 36.6 Å². The van der Waals surface area contributed by atoms with Gasteiger partial charge in [-0.2, -0.15) is 0 Å². The predicted molar refractivity (Wildman–Crippen MR) is 139 cm³/mol. The molecule has 40 heavy (non-hydrogen) atoms. The highest BCUT2D eigenvalue weighted by Gasteiger charge is 2.36. The van der Waals surface area contributed by atoms with Gasteiger partial charge in [-0.3, -0.25) is 9.89 Å². The third-order valence-corrected chi connectivity index (χ3v) is 6.73. The third-order valence-electron chi connectivity index (χ3n) is 6.40. The van der Waals surface area contributed by atoms with Gasteiger partial charge in [0.15, 0.2) is 0 Å². The van der Waals surface area contributed by atoms with Gasteiger partial charge in [0.2, 0.25) is 0 Å². The molecular weight excluding hydrogens is 556 g/mol. The van der Waals surface area contributed by atoms with Gasteiger partial charge in [-0.15, -0.1) is 0 Å². The smallest absolute Gasteiger partial charge is 0.409 e. The summed E-state index contributed by atoms with van der Waals surface area (Å²) < 4.78 is 67.6. The highest BCUT2D eigenvalue weighted by atomic mass is 35.5. The van der Waals surface area contributed by atoms with Gasteiger partial charge < -0.3 is 19.7 Å². The molecule has 0 saturated carbocycles. The summed E-state index contributed by atoms with van der Waals surface area (Å²) >= 11 is 6.34. The molecular formula is C27H27ClF4N4O4. The molecule has 2 aliphatic heterocycles. The average molecular weight is 583 g/mol. The van der Waals surface area contributed by atoms with Crippen LogP contribution in [0.2, 0.25) is 5.02 Å². The number of aliphatic imine (C=N–C) groups is 1. The molecule has 2 heterocycles. The largest absolute Gasteiger partial charge is 0.463 e. The highest BCUT2D eigenvalue weighted by Crippen LogP contribution is 2.37. The van der Waals surface area contributed by atoms with Crippen LogP contribution in [0.5, 0.6) is 0 Å². The molecule has 1 amide bonds. The summed E-state index contributed by atoms with van der Waals surface area (Å²) in [5.74, 6) is -5.25. The third kappa shape index (κ3) is 6.39. The van der Waals surface area contributed by atoms with E-state index in [9.17, 15) is 27.2 Å². The van der Waals surface area contributed by atoms with Crippen LogP contribution in [-0.2, 0) is 14.3 Å². The number of carbonyl (C=O) groups is 2. The maximum Gasteiger partial charge on any atom is 0.409 e. The quantitative estimate of drug-likeness (QED) is 0.380. The first-order valence-corrected chi connectivity index (χ1v) is 13.0. The van der Waals surface area contributed by atoms with Gasteiger partial charge in [0.1, 0.15) is 35.1 Å². The van der Waals surface area contributed by atoms with E-state index in [1.54, 1.807) is 18.7 Å². The Morgan fingerprint density at radius 3 is 2.23 bits per heavy atom. The summed E-state index contributed by atoms with van der Waals surface area (Å²) in [6, 6.07) is 3.27. The van der Waals surface area contributed by atoms with Crippen LogP contribution >= 0.6 is 11.6 Å². The number of rotatable bonds is 7. The number of amides is 1. The second kappa shape index (κ2) is 12.7. The number of hydrogen-bond acceptors (Lipinski definition) is 7. The molecule has 214 valence electrons. The lowest BCUT2D eigenvalue weighted by molar-refractivity contribution is -0.139. The Morgan fingerprint density at radius 2 is 1.62 bits per heavy atom. The zero-order valence-electron chi connectivity index (χ0n) is 21.8. The molecule has 0 aliphatic carbocycles. The van der Waals surface area contributed by atoms with E-state index in [0.29, 0.717) is 38.3 Å². The van der Waals surface area contributed by atoms with E-state index >= 15 is 0 Å². The number of piperazine rings is 1. The summed E-state index contributed by atoms with van der Waals surface area (Å²) in [5, 5.41) is 2.78. The van der Waals surface area contributed by atoms with Gasteiger partial charge in [-0.05, 0) is 26.0 Å². The van der Waals surface area contributed by atoms with Gasteiger partial charge in [-0.1, -0.05) is 17.7 Å². The molecule has 2 aromatic carbocycles. The number of nitrogens with zero attached hydrogens (tertiary/aromatic N) is 3. The fourth-order valence-electron chi connectivity index (χ4n) is 4.54.